The summed E-state index contributed by atoms with van der Waals surface area (Å²) in [5.41, 5.74) is 3.63. The molecule has 0 unspecified atom stereocenters. The Morgan fingerprint density at radius 2 is 1.57 bits per heavy atom. The molecule has 5 rings (SSSR count). The lowest BCUT2D eigenvalue weighted by Gasteiger charge is -2.57. The zero-order chi connectivity index (χ0) is 19.9. The Morgan fingerprint density at radius 1 is 1.04 bits per heavy atom. The van der Waals surface area contributed by atoms with Gasteiger partial charge >= 0.3 is 5.97 Å². The number of carboxylic acids is 1. The monoisotopic (exact) mass is 383 g/mol. The van der Waals surface area contributed by atoms with E-state index in [9.17, 15) is 14.7 Å². The van der Waals surface area contributed by atoms with Gasteiger partial charge in [0, 0.05) is 6.54 Å². The Kier molecular flexibility index (Phi) is 5.24. The Balaban J connectivity index is 1.42. The summed E-state index contributed by atoms with van der Waals surface area (Å²) in [6.45, 7) is 4.81. The fraction of sp³-hybridized carbons (Fsp3) is 0.667. The minimum Gasteiger partial charge on any atom is -0.481 e. The fourth-order valence-corrected chi connectivity index (χ4v) is 6.87. The predicted molar refractivity (Wildman–Crippen MR) is 109 cm³/mol. The van der Waals surface area contributed by atoms with E-state index in [1.807, 2.05) is 13.8 Å². The van der Waals surface area contributed by atoms with Gasteiger partial charge in [-0.15, -0.1) is 0 Å². The molecule has 0 heterocycles. The molecule has 4 fully saturated rings. The summed E-state index contributed by atoms with van der Waals surface area (Å²) in [4.78, 5) is 24.4. The number of nitrogens with one attached hydrogen (secondary N) is 1. The van der Waals surface area contributed by atoms with Crippen molar-refractivity contribution in [2.45, 2.75) is 65.2 Å². The number of hydrogen-bond acceptors (Lipinski definition) is 2. The van der Waals surface area contributed by atoms with Crippen LogP contribution >= 0.6 is 0 Å². The molecule has 28 heavy (non-hydrogen) atoms. The zero-order valence-electron chi connectivity index (χ0n) is 17.2. The average molecular weight is 384 g/mol. The smallest absolute Gasteiger partial charge is 0.304 e. The first kappa shape index (κ1) is 19.5. The molecule has 0 saturated heterocycles. The standard InChI is InChI=1S/C24H33NO3/c1-15-3-16(2)5-17(4-15)9-21(10-22(26)27)23(28)25-14-24-11-18-6-19(12-24)8-20(7-18)13-24/h3-5,18-21H,6-14H2,1-2H3,(H,25,28)(H,26,27)/t18?,19?,20?,21-,24?/m0/s1. The molecule has 4 nitrogen and oxygen atoms in total. The highest BCUT2D eigenvalue weighted by atomic mass is 16.4. The van der Waals surface area contributed by atoms with Crippen molar-refractivity contribution in [2.75, 3.05) is 6.54 Å². The van der Waals surface area contributed by atoms with Crippen LogP contribution in [-0.2, 0) is 16.0 Å². The molecule has 4 aliphatic rings. The largest absolute Gasteiger partial charge is 0.481 e. The highest BCUT2D eigenvalue weighted by molar-refractivity contribution is 5.83. The minimum atomic E-state index is -0.903. The maximum atomic E-state index is 13.0. The molecule has 1 aromatic carbocycles. The number of benzene rings is 1. The highest BCUT2D eigenvalue weighted by Gasteiger charge is 2.50. The molecule has 4 saturated carbocycles. The number of carbonyl (C=O) groups is 2. The number of amides is 1. The first-order valence-corrected chi connectivity index (χ1v) is 10.9. The Morgan fingerprint density at radius 3 is 2.07 bits per heavy atom. The van der Waals surface area contributed by atoms with Crippen LogP contribution in [0.25, 0.3) is 0 Å². The second kappa shape index (κ2) is 7.53. The van der Waals surface area contributed by atoms with Crippen LogP contribution in [0.5, 0.6) is 0 Å². The molecule has 4 bridgehead atoms. The third-order valence-electron chi connectivity index (χ3n) is 7.36. The zero-order valence-corrected chi connectivity index (χ0v) is 17.2. The van der Waals surface area contributed by atoms with Crippen molar-refractivity contribution in [1.82, 2.24) is 5.32 Å². The molecule has 2 N–H and O–H groups in total. The molecule has 1 atom stereocenters. The van der Waals surface area contributed by atoms with Crippen LogP contribution in [0.2, 0.25) is 0 Å². The van der Waals surface area contributed by atoms with Crippen LogP contribution in [0.1, 0.15) is 61.6 Å². The maximum absolute atomic E-state index is 13.0. The van der Waals surface area contributed by atoms with Gasteiger partial charge in [0.1, 0.15) is 0 Å². The van der Waals surface area contributed by atoms with Gasteiger partial charge in [-0.2, -0.15) is 0 Å². The molecule has 0 radical (unpaired) electrons. The number of rotatable bonds is 7. The first-order valence-electron chi connectivity index (χ1n) is 10.9. The molecule has 4 aliphatic carbocycles. The van der Waals surface area contributed by atoms with Gasteiger partial charge in [-0.05, 0) is 87.5 Å². The van der Waals surface area contributed by atoms with E-state index in [-0.39, 0.29) is 17.7 Å². The Hall–Kier alpha value is -1.84. The summed E-state index contributed by atoms with van der Waals surface area (Å²) < 4.78 is 0. The van der Waals surface area contributed by atoms with Gasteiger partial charge in [-0.1, -0.05) is 29.3 Å². The van der Waals surface area contributed by atoms with Crippen LogP contribution in [0.4, 0.5) is 0 Å². The van der Waals surface area contributed by atoms with Crippen molar-refractivity contribution in [2.24, 2.45) is 29.1 Å². The van der Waals surface area contributed by atoms with Crippen molar-refractivity contribution in [3.8, 4) is 0 Å². The van der Waals surface area contributed by atoms with Gasteiger partial charge in [0.25, 0.3) is 0 Å². The summed E-state index contributed by atoms with van der Waals surface area (Å²) in [5.74, 6) is 1.07. The molecule has 152 valence electrons. The highest BCUT2D eigenvalue weighted by Crippen LogP contribution is 2.59. The molecular weight excluding hydrogens is 350 g/mol. The Bertz CT molecular complexity index is 714. The minimum absolute atomic E-state index is 0.0858. The van der Waals surface area contributed by atoms with E-state index in [2.05, 4.69) is 23.5 Å². The lowest BCUT2D eigenvalue weighted by molar-refractivity contribution is -0.141. The lowest BCUT2D eigenvalue weighted by atomic mass is 9.49. The molecule has 4 heteroatoms. The van der Waals surface area contributed by atoms with Crippen LogP contribution in [0.3, 0.4) is 0 Å². The number of aryl methyl sites for hydroxylation is 2. The fourth-order valence-electron chi connectivity index (χ4n) is 6.87. The van der Waals surface area contributed by atoms with Crippen LogP contribution in [0, 0.1) is 42.9 Å². The number of carbonyl (C=O) groups excluding carboxylic acids is 1. The Labute approximate surface area is 168 Å². The van der Waals surface area contributed by atoms with Crippen molar-refractivity contribution < 1.29 is 14.7 Å². The summed E-state index contributed by atoms with van der Waals surface area (Å²) >= 11 is 0. The van der Waals surface area contributed by atoms with E-state index < -0.39 is 11.9 Å². The van der Waals surface area contributed by atoms with E-state index in [1.165, 1.54) is 38.5 Å². The van der Waals surface area contributed by atoms with Crippen LogP contribution in [-0.4, -0.2) is 23.5 Å². The second-order valence-corrected chi connectivity index (χ2v) is 10.1. The first-order chi connectivity index (χ1) is 13.3. The van der Waals surface area contributed by atoms with Gasteiger partial charge in [-0.25, -0.2) is 0 Å². The number of hydrogen-bond donors (Lipinski definition) is 2. The van der Waals surface area contributed by atoms with E-state index in [0.717, 1.165) is 41.0 Å². The van der Waals surface area contributed by atoms with Crippen LogP contribution < -0.4 is 5.32 Å². The summed E-state index contributed by atoms with van der Waals surface area (Å²) in [6, 6.07) is 6.23. The molecular formula is C24H33NO3. The molecule has 1 aromatic rings. The quantitative estimate of drug-likeness (QED) is 0.739. The number of aliphatic carboxylic acids is 1. The van der Waals surface area contributed by atoms with Gasteiger partial charge in [0.15, 0.2) is 0 Å². The normalized spacial score (nSPS) is 31.6. The SMILES string of the molecule is Cc1cc(C)cc(C[C@@H](CC(=O)O)C(=O)NCC23CC4CC(CC(C4)C2)C3)c1. The average Bonchev–Trinajstić information content (AvgIpc) is 2.56. The predicted octanol–water partition coefficient (Wildman–Crippen LogP) is 4.27. The third-order valence-corrected chi connectivity index (χ3v) is 7.36. The van der Waals surface area contributed by atoms with Crippen molar-refractivity contribution >= 4 is 11.9 Å². The van der Waals surface area contributed by atoms with Gasteiger partial charge < -0.3 is 10.4 Å². The summed E-state index contributed by atoms with van der Waals surface area (Å²) in [6.07, 6.45) is 8.30. The van der Waals surface area contributed by atoms with Gasteiger partial charge in [-0.3, -0.25) is 9.59 Å². The summed E-state index contributed by atoms with van der Waals surface area (Å²) in [5, 5.41) is 12.5. The van der Waals surface area contributed by atoms with Gasteiger partial charge in [0.2, 0.25) is 5.91 Å². The number of carboxylic acid groups (broad SMARTS) is 1. The van der Waals surface area contributed by atoms with Crippen LogP contribution in [0.15, 0.2) is 18.2 Å². The summed E-state index contributed by atoms with van der Waals surface area (Å²) in [7, 11) is 0. The second-order valence-electron chi connectivity index (χ2n) is 10.1. The van der Waals surface area contributed by atoms with E-state index in [1.54, 1.807) is 0 Å². The molecule has 0 aliphatic heterocycles. The van der Waals surface area contributed by atoms with Gasteiger partial charge in [0.05, 0.1) is 12.3 Å². The van der Waals surface area contributed by atoms with E-state index >= 15 is 0 Å². The topological polar surface area (TPSA) is 66.4 Å². The molecule has 1 amide bonds. The molecule has 0 spiro atoms. The third kappa shape index (κ3) is 4.26. The maximum Gasteiger partial charge on any atom is 0.304 e. The van der Waals surface area contributed by atoms with E-state index in [0.29, 0.717) is 6.42 Å². The van der Waals surface area contributed by atoms with Crippen molar-refractivity contribution in [3.05, 3.63) is 34.9 Å². The molecule has 0 aromatic heterocycles. The lowest BCUT2D eigenvalue weighted by Crippen LogP contribution is -2.51. The van der Waals surface area contributed by atoms with Crippen molar-refractivity contribution in [3.63, 3.8) is 0 Å². The van der Waals surface area contributed by atoms with Crippen molar-refractivity contribution in [1.29, 1.82) is 0 Å². The van der Waals surface area contributed by atoms with E-state index in [4.69, 9.17) is 0 Å².